The molecule has 1 aliphatic heterocycles. The van der Waals surface area contributed by atoms with Crippen molar-refractivity contribution in [2.75, 3.05) is 0 Å². The Labute approximate surface area is 165 Å². The van der Waals surface area contributed by atoms with Crippen LogP contribution in [0.2, 0.25) is 0 Å². The standard InChI is InChI=1S/C21H18F2N2O4/c1-12(17-24-15-9-5-6-10-16(15)25(17)20(22)23)28-19(27)21(2)11-13-7-3-4-8-14(13)18(26)29-21/h3-10,12,20H,11H2,1-2H3/t12-,21+/m1/s1. The van der Waals surface area contributed by atoms with Crippen molar-refractivity contribution in [3.05, 3.63) is 65.5 Å². The number of nitrogens with zero attached hydrogens (tertiary/aromatic N) is 2. The largest absolute Gasteiger partial charge is 0.452 e. The van der Waals surface area contributed by atoms with Gasteiger partial charge in [-0.05, 0) is 37.6 Å². The number of halogens is 2. The number of carbonyl (C=O) groups excluding carboxylic acids is 2. The third kappa shape index (κ3) is 3.24. The normalized spacial score (nSPS) is 19.7. The summed E-state index contributed by atoms with van der Waals surface area (Å²) in [5.41, 5.74) is 0.113. The lowest BCUT2D eigenvalue weighted by Gasteiger charge is -2.33. The topological polar surface area (TPSA) is 70.4 Å². The smallest absolute Gasteiger partial charge is 0.351 e. The van der Waals surface area contributed by atoms with Gasteiger partial charge in [-0.1, -0.05) is 30.3 Å². The molecule has 0 aliphatic carbocycles. The number of imidazole rings is 1. The van der Waals surface area contributed by atoms with Crippen molar-refractivity contribution in [1.29, 1.82) is 0 Å². The number of aromatic nitrogens is 2. The molecule has 0 amide bonds. The third-order valence-electron chi connectivity index (χ3n) is 4.98. The predicted molar refractivity (Wildman–Crippen MR) is 99.5 cm³/mol. The van der Waals surface area contributed by atoms with Gasteiger partial charge in [0.05, 0.1) is 16.6 Å². The van der Waals surface area contributed by atoms with E-state index in [4.69, 9.17) is 9.47 Å². The zero-order chi connectivity index (χ0) is 20.8. The van der Waals surface area contributed by atoms with Crippen molar-refractivity contribution < 1.29 is 27.8 Å². The van der Waals surface area contributed by atoms with E-state index in [0.717, 1.165) is 4.57 Å². The summed E-state index contributed by atoms with van der Waals surface area (Å²) in [4.78, 5) is 29.3. The van der Waals surface area contributed by atoms with Crippen molar-refractivity contribution in [2.45, 2.75) is 38.5 Å². The van der Waals surface area contributed by atoms with Crippen LogP contribution in [0, 0.1) is 0 Å². The number of hydrogen-bond donors (Lipinski definition) is 0. The molecular weight excluding hydrogens is 382 g/mol. The van der Waals surface area contributed by atoms with E-state index in [1.807, 2.05) is 0 Å². The Kier molecular flexibility index (Phi) is 4.56. The maximum atomic E-state index is 13.6. The van der Waals surface area contributed by atoms with Gasteiger partial charge in [0.2, 0.25) is 5.60 Å². The first-order valence-electron chi connectivity index (χ1n) is 9.07. The summed E-state index contributed by atoms with van der Waals surface area (Å²) in [7, 11) is 0. The molecule has 0 bridgehead atoms. The number of rotatable bonds is 4. The van der Waals surface area contributed by atoms with E-state index in [1.165, 1.54) is 19.9 Å². The van der Waals surface area contributed by atoms with E-state index < -0.39 is 30.2 Å². The summed E-state index contributed by atoms with van der Waals surface area (Å²) in [5, 5.41) is 0. The van der Waals surface area contributed by atoms with Gasteiger partial charge in [0, 0.05) is 6.42 Å². The Morgan fingerprint density at radius 1 is 1.21 bits per heavy atom. The Morgan fingerprint density at radius 3 is 2.66 bits per heavy atom. The number of para-hydroxylation sites is 2. The van der Waals surface area contributed by atoms with Crippen LogP contribution in [-0.2, 0) is 20.7 Å². The molecule has 0 saturated heterocycles. The van der Waals surface area contributed by atoms with Crippen LogP contribution in [0.5, 0.6) is 0 Å². The molecule has 1 aliphatic rings. The molecule has 3 aromatic rings. The zero-order valence-corrected chi connectivity index (χ0v) is 15.8. The van der Waals surface area contributed by atoms with Crippen LogP contribution in [0.4, 0.5) is 8.78 Å². The lowest BCUT2D eigenvalue weighted by atomic mass is 9.90. The van der Waals surface area contributed by atoms with Crippen molar-refractivity contribution >= 4 is 23.0 Å². The van der Waals surface area contributed by atoms with E-state index in [1.54, 1.807) is 42.5 Å². The SMILES string of the molecule is C[C@@H](OC(=O)[C@]1(C)Cc2ccccc2C(=O)O1)c1nc2ccccc2n1C(F)F. The maximum absolute atomic E-state index is 13.6. The Balaban J connectivity index is 1.62. The molecule has 6 nitrogen and oxygen atoms in total. The molecule has 0 radical (unpaired) electrons. The number of benzene rings is 2. The first-order valence-corrected chi connectivity index (χ1v) is 9.07. The van der Waals surface area contributed by atoms with E-state index in [2.05, 4.69) is 4.98 Å². The maximum Gasteiger partial charge on any atom is 0.351 e. The van der Waals surface area contributed by atoms with Crippen molar-refractivity contribution in [1.82, 2.24) is 9.55 Å². The molecule has 4 rings (SSSR count). The highest BCUT2D eigenvalue weighted by Crippen LogP contribution is 2.32. The van der Waals surface area contributed by atoms with Crippen LogP contribution in [0.1, 0.15) is 48.2 Å². The van der Waals surface area contributed by atoms with E-state index in [9.17, 15) is 18.4 Å². The van der Waals surface area contributed by atoms with Crippen LogP contribution in [-0.4, -0.2) is 27.1 Å². The van der Waals surface area contributed by atoms with Crippen LogP contribution < -0.4 is 0 Å². The van der Waals surface area contributed by atoms with Gasteiger partial charge in [-0.3, -0.25) is 4.57 Å². The van der Waals surface area contributed by atoms with Gasteiger partial charge in [-0.2, -0.15) is 8.78 Å². The van der Waals surface area contributed by atoms with Crippen molar-refractivity contribution in [3.8, 4) is 0 Å². The number of esters is 2. The quantitative estimate of drug-likeness (QED) is 0.614. The van der Waals surface area contributed by atoms with Crippen molar-refractivity contribution in [2.24, 2.45) is 0 Å². The molecular formula is C21H18F2N2O4. The molecule has 8 heteroatoms. The van der Waals surface area contributed by atoms with Crippen LogP contribution in [0.25, 0.3) is 11.0 Å². The number of fused-ring (bicyclic) bond motifs is 2. The van der Waals surface area contributed by atoms with Gasteiger partial charge in [-0.15, -0.1) is 0 Å². The minimum absolute atomic E-state index is 0.0827. The number of carbonyl (C=O) groups is 2. The summed E-state index contributed by atoms with van der Waals surface area (Å²) in [6, 6.07) is 13.3. The minimum Gasteiger partial charge on any atom is -0.452 e. The van der Waals surface area contributed by atoms with E-state index in [-0.39, 0.29) is 17.8 Å². The molecule has 2 atom stereocenters. The van der Waals surface area contributed by atoms with Crippen LogP contribution in [0.3, 0.4) is 0 Å². The number of hydrogen-bond acceptors (Lipinski definition) is 5. The number of ether oxygens (including phenoxy) is 2. The van der Waals surface area contributed by atoms with Crippen LogP contribution in [0.15, 0.2) is 48.5 Å². The van der Waals surface area contributed by atoms with Crippen molar-refractivity contribution in [3.63, 3.8) is 0 Å². The lowest BCUT2D eigenvalue weighted by Crippen LogP contribution is -2.47. The molecule has 2 heterocycles. The molecule has 0 spiro atoms. The summed E-state index contributed by atoms with van der Waals surface area (Å²) in [5.74, 6) is -1.53. The van der Waals surface area contributed by atoms with Gasteiger partial charge in [0.1, 0.15) is 0 Å². The Morgan fingerprint density at radius 2 is 1.90 bits per heavy atom. The number of cyclic esters (lactones) is 1. The molecule has 29 heavy (non-hydrogen) atoms. The average molecular weight is 400 g/mol. The molecule has 0 unspecified atom stereocenters. The predicted octanol–water partition coefficient (Wildman–Crippen LogP) is 4.21. The molecule has 1 aromatic heterocycles. The minimum atomic E-state index is -2.85. The second kappa shape index (κ2) is 6.95. The van der Waals surface area contributed by atoms with Gasteiger partial charge in [0.15, 0.2) is 11.9 Å². The van der Waals surface area contributed by atoms with E-state index >= 15 is 0 Å². The molecule has 150 valence electrons. The summed E-state index contributed by atoms with van der Waals surface area (Å²) in [6.07, 6.45) is -0.942. The highest BCUT2D eigenvalue weighted by atomic mass is 19.3. The molecule has 0 N–H and O–H groups in total. The fourth-order valence-corrected chi connectivity index (χ4v) is 3.54. The molecule has 2 aromatic carbocycles. The average Bonchev–Trinajstić information content (AvgIpc) is 3.08. The fourth-order valence-electron chi connectivity index (χ4n) is 3.54. The second-order valence-electron chi connectivity index (χ2n) is 7.11. The van der Waals surface area contributed by atoms with Gasteiger partial charge in [-0.25, -0.2) is 14.6 Å². The Bertz CT molecular complexity index is 1110. The highest BCUT2D eigenvalue weighted by Gasteiger charge is 2.45. The molecule has 0 fully saturated rings. The van der Waals surface area contributed by atoms with Crippen LogP contribution >= 0.6 is 0 Å². The Hall–Kier alpha value is -3.29. The summed E-state index contributed by atoms with van der Waals surface area (Å²) >= 11 is 0. The van der Waals surface area contributed by atoms with E-state index in [0.29, 0.717) is 16.6 Å². The van der Waals surface area contributed by atoms with Gasteiger partial charge in [0.25, 0.3) is 0 Å². The first-order chi connectivity index (χ1) is 13.8. The lowest BCUT2D eigenvalue weighted by molar-refractivity contribution is -0.171. The van der Waals surface area contributed by atoms with Gasteiger partial charge >= 0.3 is 18.5 Å². The third-order valence-corrected chi connectivity index (χ3v) is 4.98. The highest BCUT2D eigenvalue weighted by molar-refractivity contribution is 5.96. The zero-order valence-electron chi connectivity index (χ0n) is 15.8. The first kappa shape index (κ1) is 19.0. The second-order valence-corrected chi connectivity index (χ2v) is 7.11. The molecule has 0 saturated carbocycles. The summed E-state index contributed by atoms with van der Waals surface area (Å²) < 4.78 is 38.8. The summed E-state index contributed by atoms with van der Waals surface area (Å²) in [6.45, 7) is 0.0554. The fraction of sp³-hybridized carbons (Fsp3) is 0.286. The number of alkyl halides is 2. The van der Waals surface area contributed by atoms with Gasteiger partial charge < -0.3 is 9.47 Å². The monoisotopic (exact) mass is 400 g/mol.